The second-order valence-electron chi connectivity index (χ2n) is 6.23. The lowest BCUT2D eigenvalue weighted by molar-refractivity contribution is -0.122. The van der Waals surface area contributed by atoms with E-state index in [4.69, 9.17) is 4.74 Å². The predicted molar refractivity (Wildman–Crippen MR) is 110 cm³/mol. The van der Waals surface area contributed by atoms with Crippen molar-refractivity contribution in [1.29, 1.82) is 0 Å². The lowest BCUT2D eigenvalue weighted by Gasteiger charge is -2.12. The van der Waals surface area contributed by atoms with Gasteiger partial charge in [0.15, 0.2) is 0 Å². The first-order valence-electron chi connectivity index (χ1n) is 8.84. The molecule has 0 saturated heterocycles. The molecule has 2 amide bonds. The quantitative estimate of drug-likeness (QED) is 0.513. The normalized spacial score (nSPS) is 11.9. The number of carbonyl (C=O) groups excluding carboxylic acids is 2. The van der Waals surface area contributed by atoms with Gasteiger partial charge in [0.1, 0.15) is 11.8 Å². The molecule has 1 unspecified atom stereocenters. The smallest absolute Gasteiger partial charge is 0.262 e. The fraction of sp³-hybridized carbons (Fsp3) is 0.136. The molecule has 0 fully saturated rings. The van der Waals surface area contributed by atoms with Crippen molar-refractivity contribution in [2.24, 2.45) is 5.10 Å². The van der Waals surface area contributed by atoms with Crippen LogP contribution in [0, 0.1) is 0 Å². The van der Waals surface area contributed by atoms with Crippen LogP contribution in [0.5, 0.6) is 5.75 Å². The number of hydrogen-bond acceptors (Lipinski definition) is 4. The fourth-order valence-corrected chi connectivity index (χ4v) is 2.71. The van der Waals surface area contributed by atoms with E-state index in [1.165, 1.54) is 0 Å². The minimum absolute atomic E-state index is 0.344. The average molecular weight is 375 g/mol. The molecule has 0 aromatic heterocycles. The number of fused-ring (bicyclic) bond motifs is 1. The number of methoxy groups -OCH3 is 1. The minimum Gasteiger partial charge on any atom is -0.497 e. The highest BCUT2D eigenvalue weighted by atomic mass is 16.5. The van der Waals surface area contributed by atoms with Gasteiger partial charge in [-0.25, -0.2) is 5.43 Å². The van der Waals surface area contributed by atoms with Gasteiger partial charge in [-0.2, -0.15) is 5.10 Å². The van der Waals surface area contributed by atoms with Gasteiger partial charge in [-0.1, -0.05) is 42.5 Å². The topological polar surface area (TPSA) is 79.8 Å². The molecule has 28 heavy (non-hydrogen) atoms. The largest absolute Gasteiger partial charge is 0.497 e. The molecular formula is C22H21N3O3. The summed E-state index contributed by atoms with van der Waals surface area (Å²) < 4.78 is 5.06. The summed E-state index contributed by atoms with van der Waals surface area (Å²) in [5, 5.41) is 8.81. The summed E-state index contributed by atoms with van der Waals surface area (Å²) in [6.07, 6.45) is 1.60. The van der Waals surface area contributed by atoms with Crippen molar-refractivity contribution in [3.8, 4) is 5.75 Å². The summed E-state index contributed by atoms with van der Waals surface area (Å²) in [5.41, 5.74) is 3.81. The average Bonchev–Trinajstić information content (AvgIpc) is 2.73. The summed E-state index contributed by atoms with van der Waals surface area (Å²) in [7, 11) is 1.56. The SMILES string of the molecule is COc1ccc(C(=O)NC(C)C(=O)NN=Cc2cccc3ccccc23)cc1. The van der Waals surface area contributed by atoms with Gasteiger partial charge in [0.05, 0.1) is 13.3 Å². The van der Waals surface area contributed by atoms with Crippen molar-refractivity contribution in [3.63, 3.8) is 0 Å². The van der Waals surface area contributed by atoms with Crippen LogP contribution in [-0.4, -0.2) is 31.2 Å². The number of rotatable bonds is 6. The van der Waals surface area contributed by atoms with Crippen molar-refractivity contribution in [3.05, 3.63) is 77.9 Å². The Bertz CT molecular complexity index is 1010. The van der Waals surface area contributed by atoms with Crippen molar-refractivity contribution in [2.75, 3.05) is 7.11 Å². The molecule has 0 aliphatic carbocycles. The molecule has 0 bridgehead atoms. The molecule has 2 N–H and O–H groups in total. The number of amides is 2. The van der Waals surface area contributed by atoms with Crippen molar-refractivity contribution < 1.29 is 14.3 Å². The van der Waals surface area contributed by atoms with Gasteiger partial charge in [0.2, 0.25) is 0 Å². The van der Waals surface area contributed by atoms with Crippen molar-refractivity contribution >= 4 is 28.8 Å². The lowest BCUT2D eigenvalue weighted by atomic mass is 10.1. The second-order valence-corrected chi connectivity index (χ2v) is 6.23. The zero-order chi connectivity index (χ0) is 19.9. The predicted octanol–water partition coefficient (Wildman–Crippen LogP) is 3.12. The van der Waals surface area contributed by atoms with Gasteiger partial charge in [-0.3, -0.25) is 9.59 Å². The highest BCUT2D eigenvalue weighted by Gasteiger charge is 2.16. The highest BCUT2D eigenvalue weighted by Crippen LogP contribution is 2.16. The molecule has 6 heteroatoms. The van der Waals surface area contributed by atoms with Crippen molar-refractivity contribution in [2.45, 2.75) is 13.0 Å². The molecular weight excluding hydrogens is 354 g/mol. The highest BCUT2D eigenvalue weighted by molar-refractivity contribution is 6.00. The van der Waals surface area contributed by atoms with E-state index in [9.17, 15) is 9.59 Å². The Hall–Kier alpha value is -3.67. The molecule has 6 nitrogen and oxygen atoms in total. The number of hydrazone groups is 1. The Balaban J connectivity index is 1.59. The molecule has 3 aromatic rings. The molecule has 142 valence electrons. The zero-order valence-electron chi connectivity index (χ0n) is 15.7. The molecule has 3 rings (SSSR count). The minimum atomic E-state index is -0.737. The number of nitrogens with one attached hydrogen (secondary N) is 2. The molecule has 0 saturated carbocycles. The lowest BCUT2D eigenvalue weighted by Crippen LogP contribution is -2.43. The van der Waals surface area contributed by atoms with E-state index >= 15 is 0 Å². The van der Waals surface area contributed by atoms with E-state index in [1.807, 2.05) is 42.5 Å². The van der Waals surface area contributed by atoms with E-state index in [0.29, 0.717) is 11.3 Å². The van der Waals surface area contributed by atoms with Crippen LogP contribution in [-0.2, 0) is 4.79 Å². The standard InChI is InChI=1S/C22H21N3O3/c1-15(24-22(27)17-10-12-19(28-2)13-11-17)21(26)25-23-14-18-8-5-7-16-6-3-4-9-20(16)18/h3-15H,1-2H3,(H,24,27)(H,25,26). The third kappa shape index (κ3) is 4.54. The summed E-state index contributed by atoms with van der Waals surface area (Å²) in [5.74, 6) is -0.0909. The monoisotopic (exact) mass is 375 g/mol. The Labute approximate surface area is 163 Å². The van der Waals surface area contributed by atoms with Crippen LogP contribution in [0.2, 0.25) is 0 Å². The third-order valence-electron chi connectivity index (χ3n) is 4.29. The second kappa shape index (κ2) is 8.81. The maximum absolute atomic E-state index is 12.2. The van der Waals surface area contributed by atoms with Crippen LogP contribution in [0.3, 0.4) is 0 Å². The van der Waals surface area contributed by atoms with E-state index in [-0.39, 0.29) is 5.91 Å². The first kappa shape index (κ1) is 19.1. The Kier molecular flexibility index (Phi) is 6.01. The van der Waals surface area contributed by atoms with Crippen LogP contribution in [0.1, 0.15) is 22.8 Å². The number of ether oxygens (including phenoxy) is 1. The number of carbonyl (C=O) groups is 2. The Morgan fingerprint density at radius 2 is 1.71 bits per heavy atom. The van der Waals surface area contributed by atoms with Gasteiger partial charge in [-0.15, -0.1) is 0 Å². The van der Waals surface area contributed by atoms with Crippen molar-refractivity contribution in [1.82, 2.24) is 10.7 Å². The molecule has 1 atom stereocenters. The van der Waals surface area contributed by atoms with Gasteiger partial charge in [-0.05, 0) is 42.0 Å². The van der Waals surface area contributed by atoms with Crippen LogP contribution in [0.4, 0.5) is 0 Å². The van der Waals surface area contributed by atoms with E-state index < -0.39 is 11.9 Å². The van der Waals surface area contributed by atoms with Gasteiger partial charge < -0.3 is 10.1 Å². The molecule has 0 heterocycles. The van der Waals surface area contributed by atoms with Crippen LogP contribution >= 0.6 is 0 Å². The first-order valence-corrected chi connectivity index (χ1v) is 8.84. The maximum atomic E-state index is 12.2. The number of nitrogens with zero attached hydrogens (tertiary/aromatic N) is 1. The molecule has 0 radical (unpaired) electrons. The third-order valence-corrected chi connectivity index (χ3v) is 4.29. The number of benzene rings is 3. The van der Waals surface area contributed by atoms with Crippen LogP contribution in [0.25, 0.3) is 10.8 Å². The summed E-state index contributed by atoms with van der Waals surface area (Å²) in [6.45, 7) is 1.60. The first-order chi connectivity index (χ1) is 13.6. The van der Waals surface area contributed by atoms with Gasteiger partial charge in [0.25, 0.3) is 11.8 Å². The van der Waals surface area contributed by atoms with Gasteiger partial charge in [0, 0.05) is 11.1 Å². The van der Waals surface area contributed by atoms with Gasteiger partial charge >= 0.3 is 0 Å². The molecule has 0 spiro atoms. The van der Waals surface area contributed by atoms with E-state index in [0.717, 1.165) is 16.3 Å². The zero-order valence-corrected chi connectivity index (χ0v) is 15.7. The van der Waals surface area contributed by atoms with Crippen LogP contribution in [0.15, 0.2) is 71.8 Å². The molecule has 0 aliphatic rings. The van der Waals surface area contributed by atoms with Crippen LogP contribution < -0.4 is 15.5 Å². The summed E-state index contributed by atoms with van der Waals surface area (Å²) in [4.78, 5) is 24.4. The van der Waals surface area contributed by atoms with E-state index in [2.05, 4.69) is 15.8 Å². The molecule has 3 aromatic carbocycles. The maximum Gasteiger partial charge on any atom is 0.262 e. The summed E-state index contributed by atoms with van der Waals surface area (Å²) in [6, 6.07) is 19.7. The Morgan fingerprint density at radius 1 is 1.00 bits per heavy atom. The number of hydrogen-bond donors (Lipinski definition) is 2. The van der Waals surface area contributed by atoms with E-state index in [1.54, 1.807) is 44.5 Å². The Morgan fingerprint density at radius 3 is 2.46 bits per heavy atom. The fourth-order valence-electron chi connectivity index (χ4n) is 2.71. The molecule has 0 aliphatic heterocycles. The summed E-state index contributed by atoms with van der Waals surface area (Å²) >= 11 is 0.